The third-order valence-corrected chi connectivity index (χ3v) is 2.56. The molecule has 0 aliphatic rings. The van der Waals surface area contributed by atoms with Gasteiger partial charge in [-0.15, -0.1) is 0 Å². The number of hydrogen-bond acceptors (Lipinski definition) is 2. The van der Waals surface area contributed by atoms with E-state index in [1.165, 1.54) is 0 Å². The van der Waals surface area contributed by atoms with E-state index < -0.39 is 0 Å². The third-order valence-electron chi connectivity index (χ3n) is 2.32. The molecule has 0 bridgehead atoms. The van der Waals surface area contributed by atoms with Crippen molar-refractivity contribution in [3.8, 4) is 0 Å². The lowest BCUT2D eigenvalue weighted by Gasteiger charge is -2.19. The van der Waals surface area contributed by atoms with E-state index in [4.69, 9.17) is 11.6 Å². The van der Waals surface area contributed by atoms with Crippen LogP contribution in [0.25, 0.3) is 0 Å². The summed E-state index contributed by atoms with van der Waals surface area (Å²) < 4.78 is 0. The van der Waals surface area contributed by atoms with E-state index in [0.717, 1.165) is 36.3 Å². The highest BCUT2D eigenvalue weighted by Crippen LogP contribution is 2.14. The van der Waals surface area contributed by atoms with Gasteiger partial charge in [0.15, 0.2) is 0 Å². The summed E-state index contributed by atoms with van der Waals surface area (Å²) in [4.78, 5) is 2.34. The number of likely N-dealkylation sites (N-methyl/N-ethyl adjacent to an activating group) is 1. The van der Waals surface area contributed by atoms with Crippen molar-refractivity contribution in [1.29, 1.82) is 0 Å². The first-order valence-electron chi connectivity index (χ1n) is 5.76. The highest BCUT2D eigenvalue weighted by Gasteiger charge is 2.01. The summed E-state index contributed by atoms with van der Waals surface area (Å²) in [5.41, 5.74) is 1.09. The van der Waals surface area contributed by atoms with Crippen LogP contribution < -0.4 is 5.32 Å². The number of nitrogens with zero attached hydrogens (tertiary/aromatic N) is 1. The first kappa shape index (κ1) is 13.3. The Bertz CT molecular complexity index is 313. The second-order valence-corrected chi connectivity index (χ2v) is 5.03. The minimum atomic E-state index is 0.719. The van der Waals surface area contributed by atoms with Gasteiger partial charge >= 0.3 is 0 Å². The van der Waals surface area contributed by atoms with Crippen LogP contribution in [0.2, 0.25) is 5.02 Å². The van der Waals surface area contributed by atoms with Crippen molar-refractivity contribution in [2.24, 2.45) is 5.92 Å². The molecule has 3 heteroatoms. The molecule has 1 rings (SSSR count). The van der Waals surface area contributed by atoms with Gasteiger partial charge in [0, 0.05) is 30.3 Å². The van der Waals surface area contributed by atoms with E-state index in [1.807, 2.05) is 24.3 Å². The Kier molecular flexibility index (Phi) is 5.64. The zero-order chi connectivity index (χ0) is 12.0. The average molecular weight is 241 g/mol. The highest BCUT2D eigenvalue weighted by molar-refractivity contribution is 6.30. The van der Waals surface area contributed by atoms with Crippen molar-refractivity contribution in [2.45, 2.75) is 13.8 Å². The molecule has 0 unspecified atom stereocenters. The van der Waals surface area contributed by atoms with Gasteiger partial charge in [0.1, 0.15) is 0 Å². The number of halogens is 1. The highest BCUT2D eigenvalue weighted by atomic mass is 35.5. The molecule has 0 saturated heterocycles. The summed E-state index contributed by atoms with van der Waals surface area (Å²) in [6.07, 6.45) is 0. The van der Waals surface area contributed by atoms with Crippen LogP contribution in [-0.2, 0) is 0 Å². The fourth-order valence-corrected chi connectivity index (χ4v) is 1.89. The van der Waals surface area contributed by atoms with Crippen LogP contribution in [0.3, 0.4) is 0 Å². The smallest absolute Gasteiger partial charge is 0.0426 e. The van der Waals surface area contributed by atoms with E-state index in [9.17, 15) is 0 Å². The zero-order valence-electron chi connectivity index (χ0n) is 10.3. The fraction of sp³-hybridized carbons (Fsp3) is 0.538. The Hall–Kier alpha value is -0.730. The molecule has 0 aliphatic carbocycles. The lowest BCUT2D eigenvalue weighted by Crippen LogP contribution is -2.28. The molecule has 0 fully saturated rings. The van der Waals surface area contributed by atoms with E-state index in [1.54, 1.807) is 0 Å². The molecule has 0 aromatic heterocycles. The SMILES string of the molecule is CC(C)CN(C)CCNc1cccc(Cl)c1. The van der Waals surface area contributed by atoms with Gasteiger partial charge < -0.3 is 10.2 Å². The standard InChI is InChI=1S/C13H21ClN2/c1-11(2)10-16(3)8-7-15-13-6-4-5-12(14)9-13/h4-6,9,11,15H,7-8,10H2,1-3H3. The third kappa shape index (κ3) is 5.38. The Balaban J connectivity index is 2.25. The largest absolute Gasteiger partial charge is 0.384 e. The van der Waals surface area contributed by atoms with E-state index in [-0.39, 0.29) is 0 Å². The number of nitrogens with one attached hydrogen (secondary N) is 1. The molecule has 1 aromatic rings. The van der Waals surface area contributed by atoms with Gasteiger partial charge in [-0.3, -0.25) is 0 Å². The van der Waals surface area contributed by atoms with Gasteiger partial charge in [0.2, 0.25) is 0 Å². The number of hydrogen-bond donors (Lipinski definition) is 1. The van der Waals surface area contributed by atoms with Crippen LogP contribution in [-0.4, -0.2) is 31.6 Å². The van der Waals surface area contributed by atoms with Crippen LogP contribution >= 0.6 is 11.6 Å². The molecular formula is C13H21ClN2. The van der Waals surface area contributed by atoms with Crippen molar-refractivity contribution in [3.63, 3.8) is 0 Å². The Labute approximate surface area is 104 Å². The van der Waals surface area contributed by atoms with Crippen LogP contribution in [0.15, 0.2) is 24.3 Å². The topological polar surface area (TPSA) is 15.3 Å². The molecule has 0 aliphatic heterocycles. The predicted octanol–water partition coefficient (Wildman–Crippen LogP) is 3.34. The number of anilines is 1. The Morgan fingerprint density at radius 1 is 1.38 bits per heavy atom. The Morgan fingerprint density at radius 2 is 2.12 bits per heavy atom. The van der Waals surface area contributed by atoms with Crippen LogP contribution in [0.5, 0.6) is 0 Å². The minimum absolute atomic E-state index is 0.719. The van der Waals surface area contributed by atoms with Crippen LogP contribution in [0.1, 0.15) is 13.8 Å². The zero-order valence-corrected chi connectivity index (χ0v) is 11.1. The summed E-state index contributed by atoms with van der Waals surface area (Å²) in [7, 11) is 2.15. The maximum absolute atomic E-state index is 5.90. The summed E-state index contributed by atoms with van der Waals surface area (Å²) in [6.45, 7) is 7.60. The fourth-order valence-electron chi connectivity index (χ4n) is 1.70. The van der Waals surface area contributed by atoms with Gasteiger partial charge in [0.05, 0.1) is 0 Å². The molecule has 90 valence electrons. The quantitative estimate of drug-likeness (QED) is 0.821. The molecular weight excluding hydrogens is 220 g/mol. The van der Waals surface area contributed by atoms with E-state index in [0.29, 0.717) is 0 Å². The maximum Gasteiger partial charge on any atom is 0.0426 e. The molecule has 0 amide bonds. The van der Waals surface area contributed by atoms with Gasteiger partial charge in [0.25, 0.3) is 0 Å². The van der Waals surface area contributed by atoms with Crippen molar-refractivity contribution < 1.29 is 0 Å². The van der Waals surface area contributed by atoms with Crippen molar-refractivity contribution in [2.75, 3.05) is 32.0 Å². The second-order valence-electron chi connectivity index (χ2n) is 4.59. The van der Waals surface area contributed by atoms with Crippen molar-refractivity contribution >= 4 is 17.3 Å². The normalized spacial score (nSPS) is 11.1. The number of benzene rings is 1. The summed E-state index contributed by atoms with van der Waals surface area (Å²) in [5.74, 6) is 0.719. The molecule has 0 atom stereocenters. The first-order chi connectivity index (χ1) is 7.58. The molecule has 0 radical (unpaired) electrons. The summed E-state index contributed by atoms with van der Waals surface area (Å²) in [5, 5.41) is 4.14. The van der Waals surface area contributed by atoms with Gasteiger partial charge in [-0.2, -0.15) is 0 Å². The molecule has 1 aromatic carbocycles. The molecule has 1 N–H and O–H groups in total. The minimum Gasteiger partial charge on any atom is -0.384 e. The molecule has 0 saturated carbocycles. The van der Waals surface area contributed by atoms with Crippen molar-refractivity contribution in [1.82, 2.24) is 4.90 Å². The average Bonchev–Trinajstić information content (AvgIpc) is 2.16. The van der Waals surface area contributed by atoms with E-state index >= 15 is 0 Å². The van der Waals surface area contributed by atoms with Gasteiger partial charge in [-0.05, 0) is 31.2 Å². The maximum atomic E-state index is 5.90. The summed E-state index contributed by atoms with van der Waals surface area (Å²) >= 11 is 5.90. The predicted molar refractivity (Wildman–Crippen MR) is 72.3 cm³/mol. The van der Waals surface area contributed by atoms with Gasteiger partial charge in [-0.25, -0.2) is 0 Å². The number of rotatable bonds is 6. The second kappa shape index (κ2) is 6.77. The van der Waals surface area contributed by atoms with Gasteiger partial charge in [-0.1, -0.05) is 31.5 Å². The first-order valence-corrected chi connectivity index (χ1v) is 6.13. The molecule has 0 heterocycles. The van der Waals surface area contributed by atoms with Crippen LogP contribution in [0.4, 0.5) is 5.69 Å². The van der Waals surface area contributed by atoms with Crippen molar-refractivity contribution in [3.05, 3.63) is 29.3 Å². The van der Waals surface area contributed by atoms with Crippen LogP contribution in [0, 0.1) is 5.92 Å². The lowest BCUT2D eigenvalue weighted by atomic mass is 10.2. The molecule has 0 spiro atoms. The lowest BCUT2D eigenvalue weighted by molar-refractivity contribution is 0.306. The molecule has 16 heavy (non-hydrogen) atoms. The van der Waals surface area contributed by atoms with E-state index in [2.05, 4.69) is 31.1 Å². The molecule has 2 nitrogen and oxygen atoms in total. The summed E-state index contributed by atoms with van der Waals surface area (Å²) in [6, 6.07) is 7.83. The Morgan fingerprint density at radius 3 is 2.75 bits per heavy atom. The monoisotopic (exact) mass is 240 g/mol.